The molecule has 0 bridgehead atoms. The molecule has 0 aliphatic rings. The first kappa shape index (κ1) is 18.1. The molecule has 1 amide bonds. The van der Waals surface area contributed by atoms with Crippen molar-refractivity contribution in [2.24, 2.45) is 0 Å². The molecular formula is C18H15BrClN3O. The fourth-order valence-electron chi connectivity index (χ4n) is 1.98. The van der Waals surface area contributed by atoms with E-state index < -0.39 is 5.91 Å². The minimum atomic E-state index is -0.445. The summed E-state index contributed by atoms with van der Waals surface area (Å²) in [5.41, 5.74) is 1.85. The standard InChI is InChI=1S/C18H15BrClN3O/c19-16-6-3-4-13(8-16)10-22-11-15(9-21)18(24)23-12-14-5-1-2-7-17(14)20/h1-8,11,22H,10,12H2,(H,23,24)/b15-11-. The van der Waals surface area contributed by atoms with E-state index in [9.17, 15) is 4.79 Å². The van der Waals surface area contributed by atoms with Crippen molar-refractivity contribution >= 4 is 33.4 Å². The van der Waals surface area contributed by atoms with Crippen LogP contribution in [0.5, 0.6) is 0 Å². The van der Waals surface area contributed by atoms with E-state index in [0.717, 1.165) is 15.6 Å². The van der Waals surface area contributed by atoms with Crippen molar-refractivity contribution in [3.05, 3.63) is 80.9 Å². The molecular weight excluding hydrogens is 390 g/mol. The average Bonchev–Trinajstić information content (AvgIpc) is 2.58. The number of rotatable bonds is 6. The number of hydrogen-bond acceptors (Lipinski definition) is 3. The van der Waals surface area contributed by atoms with Gasteiger partial charge in [0.2, 0.25) is 0 Å². The summed E-state index contributed by atoms with van der Waals surface area (Å²) in [5.74, 6) is -0.445. The Labute approximate surface area is 154 Å². The largest absolute Gasteiger partial charge is 0.386 e. The first-order chi connectivity index (χ1) is 11.6. The van der Waals surface area contributed by atoms with Crippen LogP contribution < -0.4 is 10.6 Å². The number of carbonyl (C=O) groups excluding carboxylic acids is 1. The zero-order chi connectivity index (χ0) is 17.4. The molecule has 0 heterocycles. The Morgan fingerprint density at radius 1 is 1.21 bits per heavy atom. The molecule has 6 heteroatoms. The number of nitrogens with one attached hydrogen (secondary N) is 2. The maximum absolute atomic E-state index is 12.1. The molecule has 2 aromatic carbocycles. The van der Waals surface area contributed by atoms with Gasteiger partial charge in [0, 0.05) is 28.8 Å². The lowest BCUT2D eigenvalue weighted by atomic mass is 10.2. The van der Waals surface area contributed by atoms with E-state index in [1.165, 1.54) is 6.20 Å². The normalized spacial score (nSPS) is 10.8. The van der Waals surface area contributed by atoms with Crippen LogP contribution in [-0.2, 0) is 17.9 Å². The lowest BCUT2D eigenvalue weighted by Crippen LogP contribution is -2.25. The maximum Gasteiger partial charge on any atom is 0.263 e. The third-order valence-electron chi connectivity index (χ3n) is 3.20. The third kappa shape index (κ3) is 5.41. The number of nitriles is 1. The molecule has 4 nitrogen and oxygen atoms in total. The highest BCUT2D eigenvalue weighted by Gasteiger charge is 2.09. The topological polar surface area (TPSA) is 64.9 Å². The van der Waals surface area contributed by atoms with Crippen molar-refractivity contribution in [1.29, 1.82) is 5.26 Å². The van der Waals surface area contributed by atoms with E-state index in [1.54, 1.807) is 6.07 Å². The van der Waals surface area contributed by atoms with Gasteiger partial charge in [-0.05, 0) is 29.3 Å². The van der Waals surface area contributed by atoms with Crippen LogP contribution in [0.15, 0.2) is 64.8 Å². The van der Waals surface area contributed by atoms with E-state index in [1.807, 2.05) is 48.5 Å². The Morgan fingerprint density at radius 2 is 2.00 bits per heavy atom. The van der Waals surface area contributed by atoms with Crippen molar-refractivity contribution in [1.82, 2.24) is 10.6 Å². The maximum atomic E-state index is 12.1. The summed E-state index contributed by atoms with van der Waals surface area (Å²) in [5, 5.41) is 15.4. The molecule has 24 heavy (non-hydrogen) atoms. The van der Waals surface area contributed by atoms with E-state index in [4.69, 9.17) is 16.9 Å². The van der Waals surface area contributed by atoms with Crippen LogP contribution >= 0.6 is 27.5 Å². The van der Waals surface area contributed by atoms with Crippen molar-refractivity contribution in [2.45, 2.75) is 13.1 Å². The molecule has 122 valence electrons. The minimum absolute atomic E-state index is 0.0112. The zero-order valence-electron chi connectivity index (χ0n) is 12.7. The quantitative estimate of drug-likeness (QED) is 0.566. The predicted octanol–water partition coefficient (Wildman–Crippen LogP) is 3.92. The Kier molecular flexibility index (Phi) is 6.86. The summed E-state index contributed by atoms with van der Waals surface area (Å²) in [6, 6.07) is 16.9. The number of benzene rings is 2. The van der Waals surface area contributed by atoms with Gasteiger partial charge in [-0.15, -0.1) is 0 Å². The smallest absolute Gasteiger partial charge is 0.263 e. The Hall–Kier alpha value is -2.29. The summed E-state index contributed by atoms with van der Waals surface area (Å²) in [7, 11) is 0. The molecule has 0 saturated heterocycles. The van der Waals surface area contributed by atoms with Gasteiger partial charge in [-0.3, -0.25) is 4.79 Å². The van der Waals surface area contributed by atoms with Crippen molar-refractivity contribution in [3.8, 4) is 6.07 Å². The number of halogens is 2. The van der Waals surface area contributed by atoms with E-state index in [-0.39, 0.29) is 12.1 Å². The highest BCUT2D eigenvalue weighted by molar-refractivity contribution is 9.10. The number of carbonyl (C=O) groups is 1. The zero-order valence-corrected chi connectivity index (χ0v) is 15.1. The summed E-state index contributed by atoms with van der Waals surface area (Å²) < 4.78 is 0.976. The molecule has 0 aliphatic carbocycles. The van der Waals surface area contributed by atoms with Crippen molar-refractivity contribution < 1.29 is 4.79 Å². The monoisotopic (exact) mass is 403 g/mol. The van der Waals surface area contributed by atoms with Gasteiger partial charge in [-0.2, -0.15) is 5.26 Å². The Bertz CT molecular complexity index is 799. The van der Waals surface area contributed by atoms with Gasteiger partial charge in [0.1, 0.15) is 11.6 Å². The number of nitrogens with zero attached hydrogens (tertiary/aromatic N) is 1. The highest BCUT2D eigenvalue weighted by Crippen LogP contribution is 2.14. The molecule has 0 spiro atoms. The molecule has 0 unspecified atom stereocenters. The molecule has 2 N–H and O–H groups in total. The molecule has 2 rings (SSSR count). The summed E-state index contributed by atoms with van der Waals surface area (Å²) in [6.45, 7) is 0.783. The average molecular weight is 405 g/mol. The summed E-state index contributed by atoms with van der Waals surface area (Å²) >= 11 is 9.44. The van der Waals surface area contributed by atoms with Gasteiger partial charge in [-0.25, -0.2) is 0 Å². The lowest BCUT2D eigenvalue weighted by molar-refractivity contribution is -0.117. The Morgan fingerprint density at radius 3 is 2.71 bits per heavy atom. The van der Waals surface area contributed by atoms with Gasteiger partial charge in [0.25, 0.3) is 5.91 Å². The second-order valence-electron chi connectivity index (χ2n) is 4.95. The van der Waals surface area contributed by atoms with Crippen LogP contribution in [0.25, 0.3) is 0 Å². The van der Waals surface area contributed by atoms with Crippen molar-refractivity contribution in [2.75, 3.05) is 0 Å². The van der Waals surface area contributed by atoms with Crippen LogP contribution in [0.4, 0.5) is 0 Å². The molecule has 0 radical (unpaired) electrons. The third-order valence-corrected chi connectivity index (χ3v) is 4.07. The highest BCUT2D eigenvalue weighted by atomic mass is 79.9. The van der Waals surface area contributed by atoms with Gasteiger partial charge in [0.15, 0.2) is 0 Å². The van der Waals surface area contributed by atoms with E-state index >= 15 is 0 Å². The fraction of sp³-hybridized carbons (Fsp3) is 0.111. The molecule has 0 saturated carbocycles. The van der Waals surface area contributed by atoms with Crippen molar-refractivity contribution in [3.63, 3.8) is 0 Å². The van der Waals surface area contributed by atoms with Crippen LogP contribution in [0.2, 0.25) is 5.02 Å². The molecule has 0 aliphatic heterocycles. The summed E-state index contributed by atoms with van der Waals surface area (Å²) in [6.07, 6.45) is 1.42. The Balaban J connectivity index is 1.91. The molecule has 0 fully saturated rings. The molecule has 0 aromatic heterocycles. The molecule has 2 aromatic rings. The van der Waals surface area contributed by atoms with Crippen LogP contribution in [0.3, 0.4) is 0 Å². The second-order valence-corrected chi connectivity index (χ2v) is 6.28. The van der Waals surface area contributed by atoms with Crippen LogP contribution in [0, 0.1) is 11.3 Å². The van der Waals surface area contributed by atoms with E-state index in [0.29, 0.717) is 11.6 Å². The first-order valence-corrected chi connectivity index (χ1v) is 8.37. The molecule has 0 atom stereocenters. The van der Waals surface area contributed by atoms with Crippen LogP contribution in [-0.4, -0.2) is 5.91 Å². The minimum Gasteiger partial charge on any atom is -0.386 e. The van der Waals surface area contributed by atoms with Gasteiger partial charge >= 0.3 is 0 Å². The second kappa shape index (κ2) is 9.11. The van der Waals surface area contributed by atoms with E-state index in [2.05, 4.69) is 26.6 Å². The number of amides is 1. The van der Waals surface area contributed by atoms with Gasteiger partial charge < -0.3 is 10.6 Å². The fourth-order valence-corrected chi connectivity index (χ4v) is 2.63. The van der Waals surface area contributed by atoms with Gasteiger partial charge in [0.05, 0.1) is 0 Å². The summed E-state index contributed by atoms with van der Waals surface area (Å²) in [4.78, 5) is 12.1. The van der Waals surface area contributed by atoms with Crippen LogP contribution in [0.1, 0.15) is 11.1 Å². The lowest BCUT2D eigenvalue weighted by Gasteiger charge is -2.07. The predicted molar refractivity (Wildman–Crippen MR) is 98.0 cm³/mol. The number of hydrogen-bond donors (Lipinski definition) is 2. The first-order valence-electron chi connectivity index (χ1n) is 7.20. The SMILES string of the molecule is N#C/C(=C/NCc1cccc(Br)c1)C(=O)NCc1ccccc1Cl. The van der Waals surface area contributed by atoms with Gasteiger partial charge in [-0.1, -0.05) is 57.9 Å².